The molecule has 5 aliphatic carbocycles. The Morgan fingerprint density at radius 2 is 0.967 bits per heavy atom. The predicted molar refractivity (Wildman–Crippen MR) is 224 cm³/mol. The second-order valence-electron chi connectivity index (χ2n) is 16.0. The summed E-state index contributed by atoms with van der Waals surface area (Å²) in [7, 11) is -15.7. The molecule has 8 N–H and O–H groups in total. The third kappa shape index (κ3) is 9.14. The van der Waals surface area contributed by atoms with Gasteiger partial charge in [-0.3, -0.25) is 18.4 Å². The summed E-state index contributed by atoms with van der Waals surface area (Å²) in [6, 6.07) is 9.91. The van der Waals surface area contributed by atoms with Gasteiger partial charge in [0.25, 0.3) is 40.4 Å². The number of nitrogens with one attached hydrogen (secondary N) is 1. The summed E-state index contributed by atoms with van der Waals surface area (Å²) in [5.74, 6) is -4.89. The molecule has 5 aliphatic rings. The number of anilines is 1. The van der Waals surface area contributed by atoms with Crippen LogP contribution < -0.4 is 9.62 Å². The summed E-state index contributed by atoms with van der Waals surface area (Å²) in [6.07, 6.45) is 0.605. The fraction of sp³-hybridized carbons (Fsp3) is 0.350. The van der Waals surface area contributed by atoms with Crippen LogP contribution in [0.2, 0.25) is 0 Å². The quantitative estimate of drug-likeness (QED) is 0.185. The van der Waals surface area contributed by atoms with Gasteiger partial charge in [0.05, 0.1) is 44.0 Å². The number of nitrogens with zero attached hydrogens (tertiary/aromatic N) is 1. The SMILES string of the molecule is CN(C)c1cccc2c(S(=O)(=O)NC3=CC4CC5C=C(S(=O)(=O)O)C=C(CC6C=C(S(=O)(=O)O)C=C(CC7=CC(S(=O)(=O)O)=CC(CC(=C3)C4O)C7O)C6O)C5O)cccc12. The maximum atomic E-state index is 14.2. The van der Waals surface area contributed by atoms with Gasteiger partial charge in [-0.25, -0.2) is 8.42 Å². The fourth-order valence-corrected chi connectivity index (χ4v) is 12.0. The molecule has 7 rings (SSSR count). The fourth-order valence-electron chi connectivity index (χ4n) is 8.75. The molecule has 0 heterocycles. The van der Waals surface area contributed by atoms with E-state index < -0.39 is 116 Å². The van der Waals surface area contributed by atoms with Crippen LogP contribution in [0.3, 0.4) is 0 Å². The minimum atomic E-state index is -4.96. The third-order valence-corrected chi connectivity index (χ3v) is 15.7. The largest absolute Gasteiger partial charge is 0.388 e. The van der Waals surface area contributed by atoms with Crippen molar-refractivity contribution in [3.05, 3.63) is 128 Å². The monoisotopic (exact) mass is 920 g/mol. The lowest BCUT2D eigenvalue weighted by Gasteiger charge is -2.37. The maximum absolute atomic E-state index is 14.2. The minimum Gasteiger partial charge on any atom is -0.388 e. The molecule has 0 aliphatic heterocycles. The first-order valence-corrected chi connectivity index (χ1v) is 24.7. The topological polar surface area (TPSA) is 293 Å². The molecule has 61 heavy (non-hydrogen) atoms. The van der Waals surface area contributed by atoms with E-state index in [-0.39, 0.29) is 45.7 Å². The number of allylic oxidation sites excluding steroid dienone is 4. The summed E-state index contributed by atoms with van der Waals surface area (Å²) < 4.78 is 137. The van der Waals surface area contributed by atoms with Crippen molar-refractivity contribution in [2.45, 2.75) is 55.0 Å². The van der Waals surface area contributed by atoms with E-state index in [4.69, 9.17) is 0 Å². The van der Waals surface area contributed by atoms with E-state index in [9.17, 15) is 67.8 Å². The molecule has 1 saturated carbocycles. The van der Waals surface area contributed by atoms with Crippen LogP contribution in [0.1, 0.15) is 25.7 Å². The average molecular weight is 921 g/mol. The molecule has 8 unspecified atom stereocenters. The van der Waals surface area contributed by atoms with Crippen molar-refractivity contribution < 1.29 is 67.8 Å². The molecule has 0 spiro atoms. The van der Waals surface area contributed by atoms with Gasteiger partial charge in [-0.15, -0.1) is 0 Å². The van der Waals surface area contributed by atoms with E-state index in [1.165, 1.54) is 18.2 Å². The van der Waals surface area contributed by atoms with Crippen molar-refractivity contribution >= 4 is 56.8 Å². The highest BCUT2D eigenvalue weighted by Crippen LogP contribution is 2.43. The number of benzene rings is 2. The molecule has 0 radical (unpaired) electrons. The number of rotatable bonds is 7. The molecular weight excluding hydrogens is 877 g/mol. The summed E-state index contributed by atoms with van der Waals surface area (Å²) in [5.41, 5.74) is 0.343. The molecule has 328 valence electrons. The number of aliphatic hydroxyl groups is 4. The van der Waals surface area contributed by atoms with Crippen LogP contribution in [0.15, 0.2) is 133 Å². The van der Waals surface area contributed by atoms with Gasteiger partial charge < -0.3 is 25.3 Å². The van der Waals surface area contributed by atoms with Crippen molar-refractivity contribution in [2.24, 2.45) is 23.7 Å². The molecule has 21 heteroatoms. The van der Waals surface area contributed by atoms with Crippen molar-refractivity contribution in [3.63, 3.8) is 0 Å². The van der Waals surface area contributed by atoms with E-state index in [0.29, 0.717) is 10.8 Å². The number of aliphatic hydroxyl groups excluding tert-OH is 4. The molecule has 0 saturated heterocycles. The standard InChI is InChI=1S/C40H44N2O15S4/c1-42(2)35-7-3-6-34-33(35)5-4-8-36(34)58(47,48)41-29-13-21-9-23-15-30(59(49,50)51)17-25(38(23)44)11-27-19-32(61(55,56)57)20-28(40(27)46)12-26-18-31(60(52,53)54)16-24(39(26)45)10-22(14-29)37(21)43/h3-8,13-21,23-24,27,37-41,43-46H,9-12H2,1-2H3,(H,49,50,51)(H,52,53,54)(H,55,56,57). The van der Waals surface area contributed by atoms with E-state index >= 15 is 0 Å². The molecule has 0 aromatic heterocycles. The molecule has 1 fully saturated rings. The van der Waals surface area contributed by atoms with Crippen LogP contribution in [0.25, 0.3) is 10.8 Å². The number of hydrogen-bond acceptors (Lipinski definition) is 13. The Hall–Kier alpha value is -4.26. The lowest BCUT2D eigenvalue weighted by Crippen LogP contribution is -2.37. The van der Waals surface area contributed by atoms with E-state index in [1.807, 2.05) is 11.0 Å². The summed E-state index contributed by atoms with van der Waals surface area (Å²) in [5, 5.41) is 48.1. The van der Waals surface area contributed by atoms with Crippen LogP contribution in [0.4, 0.5) is 5.69 Å². The van der Waals surface area contributed by atoms with E-state index in [1.54, 1.807) is 38.4 Å². The first-order chi connectivity index (χ1) is 28.3. The normalized spacial score (nSPS) is 28.8. The average Bonchev–Trinajstić information content (AvgIpc) is 3.15. The second-order valence-corrected chi connectivity index (χ2v) is 21.9. The summed E-state index contributed by atoms with van der Waals surface area (Å²) in [6.45, 7) is 0. The Morgan fingerprint density at radius 3 is 1.48 bits per heavy atom. The minimum absolute atomic E-state index is 0.0509. The molecule has 8 bridgehead atoms. The third-order valence-electron chi connectivity index (χ3n) is 11.7. The van der Waals surface area contributed by atoms with Gasteiger partial charge in [0, 0.05) is 59.9 Å². The Balaban J connectivity index is 1.38. The zero-order valence-electron chi connectivity index (χ0n) is 32.5. The smallest absolute Gasteiger partial charge is 0.294 e. The number of sulfonamides is 1. The Labute approximate surface area is 353 Å². The Kier molecular flexibility index (Phi) is 11.8. The number of hydrogen-bond donors (Lipinski definition) is 8. The van der Waals surface area contributed by atoms with Gasteiger partial charge in [0.1, 0.15) is 0 Å². The summed E-state index contributed by atoms with van der Waals surface area (Å²) in [4.78, 5) is -0.271. The summed E-state index contributed by atoms with van der Waals surface area (Å²) >= 11 is 0. The van der Waals surface area contributed by atoms with Crippen LogP contribution in [-0.2, 0) is 40.4 Å². The zero-order valence-corrected chi connectivity index (χ0v) is 35.8. The van der Waals surface area contributed by atoms with Crippen molar-refractivity contribution in [3.8, 4) is 0 Å². The van der Waals surface area contributed by atoms with E-state index in [0.717, 1.165) is 42.1 Å². The van der Waals surface area contributed by atoms with Crippen molar-refractivity contribution in [2.75, 3.05) is 19.0 Å². The highest BCUT2D eigenvalue weighted by Gasteiger charge is 2.40. The van der Waals surface area contributed by atoms with Gasteiger partial charge >= 0.3 is 0 Å². The second kappa shape index (κ2) is 16.1. The molecule has 2 aromatic rings. The first kappa shape index (κ1) is 44.8. The maximum Gasteiger partial charge on any atom is 0.294 e. The van der Waals surface area contributed by atoms with Gasteiger partial charge in [-0.05, 0) is 84.4 Å². The predicted octanol–water partition coefficient (Wildman–Crippen LogP) is 2.63. The van der Waals surface area contributed by atoms with Gasteiger partial charge in [-0.1, -0.05) is 48.6 Å². The molecule has 8 atom stereocenters. The molecule has 2 aromatic carbocycles. The van der Waals surface area contributed by atoms with E-state index in [2.05, 4.69) is 4.72 Å². The van der Waals surface area contributed by atoms with Crippen LogP contribution in [0, 0.1) is 23.7 Å². The highest BCUT2D eigenvalue weighted by atomic mass is 32.2. The molecule has 0 amide bonds. The van der Waals surface area contributed by atoms with Crippen LogP contribution in [0.5, 0.6) is 0 Å². The van der Waals surface area contributed by atoms with Crippen LogP contribution >= 0.6 is 0 Å². The first-order valence-electron chi connectivity index (χ1n) is 18.9. The molecular formula is C40H44N2O15S4. The van der Waals surface area contributed by atoms with Crippen LogP contribution in [-0.4, -0.2) is 106 Å². The Morgan fingerprint density at radius 1 is 0.541 bits per heavy atom. The van der Waals surface area contributed by atoms with Gasteiger partial charge in [0.15, 0.2) is 0 Å². The number of fused-ring (bicyclic) bond motifs is 9. The van der Waals surface area contributed by atoms with Crippen molar-refractivity contribution in [1.29, 1.82) is 0 Å². The zero-order chi connectivity index (χ0) is 44.6. The van der Waals surface area contributed by atoms with Crippen molar-refractivity contribution in [1.82, 2.24) is 4.72 Å². The van der Waals surface area contributed by atoms with Gasteiger partial charge in [0.2, 0.25) is 0 Å². The highest BCUT2D eigenvalue weighted by molar-refractivity contribution is 7.90. The molecule has 17 nitrogen and oxygen atoms in total. The lowest BCUT2D eigenvalue weighted by molar-refractivity contribution is 0.0977. The van der Waals surface area contributed by atoms with Gasteiger partial charge in [-0.2, -0.15) is 25.3 Å². The lowest BCUT2D eigenvalue weighted by atomic mass is 9.73. The Bertz CT molecular complexity index is 2910.